The Bertz CT molecular complexity index is 738. The molecule has 0 atom stereocenters. The third kappa shape index (κ3) is 4.45. The Balaban J connectivity index is 2.13. The number of halogens is 1. The predicted molar refractivity (Wildman–Crippen MR) is 77.9 cm³/mol. The van der Waals surface area contributed by atoms with Gasteiger partial charge < -0.3 is 14.8 Å². The van der Waals surface area contributed by atoms with Gasteiger partial charge in [0.25, 0.3) is 5.91 Å². The van der Waals surface area contributed by atoms with Crippen LogP contribution in [-0.4, -0.2) is 29.5 Å². The minimum atomic E-state index is -1.00. The first-order valence-corrected chi connectivity index (χ1v) is 6.36. The minimum Gasteiger partial charge on any atom is -0.457 e. The Kier molecular flexibility index (Phi) is 5.15. The molecule has 0 spiro atoms. The molecule has 0 bridgehead atoms. The number of nitrogens with one attached hydrogen (secondary N) is 1. The number of nitro groups is 1. The van der Waals surface area contributed by atoms with Crippen molar-refractivity contribution in [3.63, 3.8) is 0 Å². The van der Waals surface area contributed by atoms with Crippen LogP contribution in [0.4, 0.5) is 15.9 Å². The second-order valence-electron chi connectivity index (χ2n) is 4.33. The van der Waals surface area contributed by atoms with Gasteiger partial charge in [-0.3, -0.25) is 14.9 Å². The Morgan fingerprint density at radius 2 is 2.09 bits per heavy atom. The van der Waals surface area contributed by atoms with E-state index in [1.54, 1.807) is 0 Å². The first-order chi connectivity index (χ1) is 11.0. The smallest absolute Gasteiger partial charge is 0.305 e. The molecule has 8 nitrogen and oxygen atoms in total. The molecule has 23 heavy (non-hydrogen) atoms. The number of carbonyl (C=O) groups is 1. The van der Waals surface area contributed by atoms with E-state index >= 15 is 0 Å². The lowest BCUT2D eigenvalue weighted by Crippen LogP contribution is -2.17. The van der Waals surface area contributed by atoms with Crippen molar-refractivity contribution in [3.8, 4) is 11.5 Å². The number of nitro benzene ring substituents is 1. The van der Waals surface area contributed by atoms with E-state index in [4.69, 9.17) is 4.74 Å². The quantitative estimate of drug-likeness (QED) is 0.647. The lowest BCUT2D eigenvalue weighted by Gasteiger charge is -2.08. The zero-order valence-electron chi connectivity index (χ0n) is 12.0. The average Bonchev–Trinajstić information content (AvgIpc) is 2.47. The molecule has 9 heteroatoms. The molecule has 1 aromatic heterocycles. The number of nitrogens with zero attached hydrogens (tertiary/aromatic N) is 2. The van der Waals surface area contributed by atoms with Crippen LogP contribution >= 0.6 is 0 Å². The summed E-state index contributed by atoms with van der Waals surface area (Å²) in [5, 5.41) is 13.0. The molecule has 0 radical (unpaired) electrons. The molecule has 1 aromatic carbocycles. The Morgan fingerprint density at radius 3 is 2.74 bits per heavy atom. The molecule has 0 aliphatic carbocycles. The Labute approximate surface area is 130 Å². The molecule has 1 N–H and O–H groups in total. The van der Waals surface area contributed by atoms with Gasteiger partial charge in [-0.05, 0) is 12.1 Å². The molecule has 0 saturated heterocycles. The van der Waals surface area contributed by atoms with Crippen LogP contribution < -0.4 is 10.1 Å². The third-order valence-electron chi connectivity index (χ3n) is 2.63. The highest BCUT2D eigenvalue weighted by atomic mass is 19.1. The number of aromatic nitrogens is 1. The molecule has 0 fully saturated rings. The van der Waals surface area contributed by atoms with Gasteiger partial charge in [0, 0.05) is 31.5 Å². The fraction of sp³-hybridized carbons (Fsp3) is 0.143. The number of amides is 1. The standard InChI is InChI=1S/C14H12FN3O5/c1-22-8-14(19)17-13-7-10(4-5-16-13)23-9-2-3-12(18(20)21)11(15)6-9/h2-7H,8H2,1H3,(H,16,17,19). The van der Waals surface area contributed by atoms with Gasteiger partial charge in [-0.25, -0.2) is 4.98 Å². The number of ether oxygens (including phenoxy) is 2. The van der Waals surface area contributed by atoms with Gasteiger partial charge in [-0.15, -0.1) is 0 Å². The van der Waals surface area contributed by atoms with E-state index in [1.165, 1.54) is 31.5 Å². The molecule has 0 aliphatic heterocycles. The normalized spacial score (nSPS) is 10.2. The van der Waals surface area contributed by atoms with Crippen LogP contribution in [0.15, 0.2) is 36.5 Å². The van der Waals surface area contributed by atoms with Crippen LogP contribution in [0.2, 0.25) is 0 Å². The number of pyridine rings is 1. The second-order valence-corrected chi connectivity index (χ2v) is 4.33. The van der Waals surface area contributed by atoms with Crippen LogP contribution in [0.5, 0.6) is 11.5 Å². The molecule has 120 valence electrons. The van der Waals surface area contributed by atoms with E-state index < -0.39 is 22.3 Å². The van der Waals surface area contributed by atoms with Crippen molar-refractivity contribution in [2.75, 3.05) is 19.0 Å². The fourth-order valence-electron chi connectivity index (χ4n) is 1.69. The first-order valence-electron chi connectivity index (χ1n) is 6.36. The van der Waals surface area contributed by atoms with Crippen LogP contribution in [0.1, 0.15) is 0 Å². The monoisotopic (exact) mass is 321 g/mol. The summed E-state index contributed by atoms with van der Waals surface area (Å²) in [6.45, 7) is -0.125. The van der Waals surface area contributed by atoms with Crippen molar-refractivity contribution in [2.45, 2.75) is 0 Å². The molecular weight excluding hydrogens is 309 g/mol. The zero-order chi connectivity index (χ0) is 16.8. The van der Waals surface area contributed by atoms with Crippen LogP contribution in [0, 0.1) is 15.9 Å². The lowest BCUT2D eigenvalue weighted by molar-refractivity contribution is -0.387. The predicted octanol–water partition coefficient (Wildman–Crippen LogP) is 2.51. The molecular formula is C14H12FN3O5. The summed E-state index contributed by atoms with van der Waals surface area (Å²) in [6.07, 6.45) is 1.39. The van der Waals surface area contributed by atoms with Gasteiger partial charge in [0.1, 0.15) is 23.9 Å². The van der Waals surface area contributed by atoms with Gasteiger partial charge in [0.15, 0.2) is 0 Å². The summed E-state index contributed by atoms with van der Waals surface area (Å²) < 4.78 is 23.6. The maximum absolute atomic E-state index is 13.5. The highest BCUT2D eigenvalue weighted by Gasteiger charge is 2.14. The van der Waals surface area contributed by atoms with Crippen LogP contribution in [0.3, 0.4) is 0 Å². The van der Waals surface area contributed by atoms with Gasteiger partial charge >= 0.3 is 5.69 Å². The zero-order valence-corrected chi connectivity index (χ0v) is 12.0. The van der Waals surface area contributed by atoms with E-state index in [2.05, 4.69) is 15.0 Å². The van der Waals surface area contributed by atoms with Crippen LogP contribution in [0.25, 0.3) is 0 Å². The minimum absolute atomic E-state index is 0.0773. The van der Waals surface area contributed by atoms with Crippen molar-refractivity contribution in [1.29, 1.82) is 0 Å². The Morgan fingerprint density at radius 1 is 1.35 bits per heavy atom. The fourth-order valence-corrected chi connectivity index (χ4v) is 1.69. The second kappa shape index (κ2) is 7.27. The highest BCUT2D eigenvalue weighted by Crippen LogP contribution is 2.27. The van der Waals surface area contributed by atoms with E-state index in [0.717, 1.165) is 12.1 Å². The molecule has 0 saturated carbocycles. The summed E-state index contributed by atoms with van der Waals surface area (Å²) in [4.78, 5) is 25.1. The first kappa shape index (κ1) is 16.3. The van der Waals surface area contributed by atoms with Crippen LogP contribution in [-0.2, 0) is 9.53 Å². The van der Waals surface area contributed by atoms with E-state index in [1.807, 2.05) is 0 Å². The third-order valence-corrected chi connectivity index (χ3v) is 2.63. The molecule has 0 aliphatic rings. The summed E-state index contributed by atoms with van der Waals surface area (Å²) in [5.74, 6) is -0.810. The van der Waals surface area contributed by atoms with E-state index in [-0.39, 0.29) is 23.9 Å². The van der Waals surface area contributed by atoms with Crippen molar-refractivity contribution in [2.24, 2.45) is 0 Å². The Hall–Kier alpha value is -3.07. The number of methoxy groups -OCH3 is 1. The summed E-state index contributed by atoms with van der Waals surface area (Å²) in [6, 6.07) is 6.10. The summed E-state index contributed by atoms with van der Waals surface area (Å²) >= 11 is 0. The van der Waals surface area contributed by atoms with Crippen molar-refractivity contribution in [1.82, 2.24) is 4.98 Å². The average molecular weight is 321 g/mol. The van der Waals surface area contributed by atoms with Gasteiger partial charge in [0.05, 0.1) is 4.92 Å². The molecule has 1 heterocycles. The van der Waals surface area contributed by atoms with E-state index in [9.17, 15) is 19.3 Å². The van der Waals surface area contributed by atoms with E-state index in [0.29, 0.717) is 0 Å². The SMILES string of the molecule is COCC(=O)Nc1cc(Oc2ccc([N+](=O)[O-])c(F)c2)ccn1. The molecule has 1 amide bonds. The maximum Gasteiger partial charge on any atom is 0.305 e. The van der Waals surface area contributed by atoms with Crippen molar-refractivity contribution >= 4 is 17.4 Å². The number of rotatable bonds is 6. The highest BCUT2D eigenvalue weighted by molar-refractivity contribution is 5.90. The molecule has 2 rings (SSSR count). The van der Waals surface area contributed by atoms with Crippen molar-refractivity contribution in [3.05, 3.63) is 52.5 Å². The largest absolute Gasteiger partial charge is 0.457 e. The molecule has 2 aromatic rings. The lowest BCUT2D eigenvalue weighted by atomic mass is 10.3. The number of hydrogen-bond donors (Lipinski definition) is 1. The van der Waals surface area contributed by atoms with Gasteiger partial charge in [-0.1, -0.05) is 0 Å². The number of benzene rings is 1. The van der Waals surface area contributed by atoms with Gasteiger partial charge in [-0.2, -0.15) is 4.39 Å². The van der Waals surface area contributed by atoms with Crippen molar-refractivity contribution < 1.29 is 23.6 Å². The topological polar surface area (TPSA) is 104 Å². The number of anilines is 1. The van der Waals surface area contributed by atoms with Gasteiger partial charge in [0.2, 0.25) is 5.82 Å². The maximum atomic E-state index is 13.5. The summed E-state index contributed by atoms with van der Waals surface area (Å²) in [7, 11) is 1.38. The number of hydrogen-bond acceptors (Lipinski definition) is 6. The number of carbonyl (C=O) groups excluding carboxylic acids is 1. The molecule has 0 unspecified atom stereocenters. The summed E-state index contributed by atoms with van der Waals surface area (Å²) in [5.41, 5.74) is -0.639.